The van der Waals surface area contributed by atoms with Gasteiger partial charge < -0.3 is 14.7 Å². The van der Waals surface area contributed by atoms with Crippen LogP contribution in [0.15, 0.2) is 22.7 Å². The molecule has 0 bridgehead atoms. The molecule has 3 heterocycles. The zero-order valence-electron chi connectivity index (χ0n) is 15.3. The third kappa shape index (κ3) is 3.04. The van der Waals surface area contributed by atoms with Gasteiger partial charge in [0, 0.05) is 18.2 Å². The molecule has 2 aromatic heterocycles. The van der Waals surface area contributed by atoms with Crippen molar-refractivity contribution >= 4 is 32.6 Å². The van der Waals surface area contributed by atoms with Gasteiger partial charge in [0.15, 0.2) is 11.3 Å². The number of aromatic nitrogens is 2. The molecule has 2 unspecified atom stereocenters. The van der Waals surface area contributed by atoms with Crippen LogP contribution in [0, 0.1) is 31.2 Å². The van der Waals surface area contributed by atoms with Gasteiger partial charge in [-0.05, 0) is 44.9 Å². The summed E-state index contributed by atoms with van der Waals surface area (Å²) in [5, 5.41) is 16.6. The van der Waals surface area contributed by atoms with Crippen LogP contribution in [0.5, 0.6) is 0 Å². The van der Waals surface area contributed by atoms with Crippen LogP contribution in [0.25, 0.3) is 21.3 Å². The van der Waals surface area contributed by atoms with Gasteiger partial charge in [-0.3, -0.25) is 4.79 Å². The number of thiazole rings is 1. The summed E-state index contributed by atoms with van der Waals surface area (Å²) in [7, 11) is 0. The Kier molecular flexibility index (Phi) is 4.32. The Hall–Kier alpha value is -2.92. The van der Waals surface area contributed by atoms with E-state index in [9.17, 15) is 4.79 Å². The van der Waals surface area contributed by atoms with Gasteiger partial charge in [-0.1, -0.05) is 22.6 Å². The fraction of sp³-hybridized carbons (Fsp3) is 0.368. The van der Waals surface area contributed by atoms with Crippen molar-refractivity contribution in [2.24, 2.45) is 5.92 Å². The quantitative estimate of drug-likeness (QED) is 0.695. The lowest BCUT2D eigenvalue weighted by Crippen LogP contribution is -2.32. The van der Waals surface area contributed by atoms with Crippen molar-refractivity contribution in [1.29, 1.82) is 5.26 Å². The smallest absolute Gasteiger partial charge is 0.231 e. The van der Waals surface area contributed by atoms with E-state index in [-0.39, 0.29) is 17.9 Å². The Morgan fingerprint density at radius 1 is 1.44 bits per heavy atom. The van der Waals surface area contributed by atoms with Crippen molar-refractivity contribution in [3.8, 4) is 17.3 Å². The number of anilines is 1. The molecule has 8 heteroatoms. The number of rotatable bonds is 3. The number of likely N-dealkylation sites (tertiary alicyclic amines) is 1. The third-order valence-corrected chi connectivity index (χ3v) is 6.09. The number of aryl methyl sites for hydroxylation is 2. The number of amides is 1. The first-order valence-electron chi connectivity index (χ1n) is 8.79. The predicted octanol–water partition coefficient (Wildman–Crippen LogP) is 3.70. The molecule has 7 nitrogen and oxygen atoms in total. The van der Waals surface area contributed by atoms with E-state index in [1.165, 1.54) is 11.3 Å². The minimum atomic E-state index is -0.200. The summed E-state index contributed by atoms with van der Waals surface area (Å²) in [6.45, 7) is 6.35. The minimum Gasteiger partial charge on any atom is -0.361 e. The molecule has 1 aliphatic rings. The van der Waals surface area contributed by atoms with Gasteiger partial charge in [0.1, 0.15) is 5.76 Å². The number of carbonyl (C=O) groups is 1. The standard InChI is InChI=1S/C19H19N5O2S/c1-10-17(12(3)26-23-10)13-4-5-15-16(8-13)27-19(21-15)22-18(25)14-6-7-24(9-20)11(14)2/h4-5,8,11,14H,6-7H2,1-3H3,(H,21,22,25). The fourth-order valence-corrected chi connectivity index (χ4v) is 4.57. The van der Waals surface area contributed by atoms with Crippen molar-refractivity contribution in [2.75, 3.05) is 11.9 Å². The summed E-state index contributed by atoms with van der Waals surface area (Å²) >= 11 is 1.44. The summed E-state index contributed by atoms with van der Waals surface area (Å²) in [6, 6.07) is 5.89. The lowest BCUT2D eigenvalue weighted by atomic mass is 10.0. The minimum absolute atomic E-state index is 0.0785. The first-order valence-corrected chi connectivity index (χ1v) is 9.60. The molecule has 1 N–H and O–H groups in total. The van der Waals surface area contributed by atoms with E-state index < -0.39 is 0 Å². The van der Waals surface area contributed by atoms with Crippen molar-refractivity contribution in [1.82, 2.24) is 15.0 Å². The highest BCUT2D eigenvalue weighted by Gasteiger charge is 2.35. The van der Waals surface area contributed by atoms with Crippen molar-refractivity contribution in [3.63, 3.8) is 0 Å². The molecule has 0 saturated carbocycles. The molecule has 1 aliphatic heterocycles. The third-order valence-electron chi connectivity index (χ3n) is 5.16. The predicted molar refractivity (Wildman–Crippen MR) is 103 cm³/mol. The van der Waals surface area contributed by atoms with Gasteiger partial charge in [0.05, 0.1) is 21.8 Å². The van der Waals surface area contributed by atoms with Crippen molar-refractivity contribution in [3.05, 3.63) is 29.7 Å². The average Bonchev–Trinajstić information content (AvgIpc) is 3.30. The van der Waals surface area contributed by atoms with Crippen LogP contribution in [-0.4, -0.2) is 33.5 Å². The molecule has 0 spiro atoms. The first-order chi connectivity index (χ1) is 13.0. The van der Waals surface area contributed by atoms with Crippen LogP contribution < -0.4 is 5.32 Å². The number of carbonyl (C=O) groups excluding carboxylic acids is 1. The number of hydrogen-bond donors (Lipinski definition) is 1. The van der Waals surface area contributed by atoms with Crippen LogP contribution in [0.1, 0.15) is 24.8 Å². The van der Waals surface area contributed by atoms with Gasteiger partial charge >= 0.3 is 0 Å². The number of nitrogens with one attached hydrogen (secondary N) is 1. The van der Waals surface area contributed by atoms with E-state index in [2.05, 4.69) is 21.7 Å². The second-order valence-electron chi connectivity index (χ2n) is 6.82. The lowest BCUT2D eigenvalue weighted by Gasteiger charge is -2.18. The molecule has 4 rings (SSSR count). The second-order valence-corrected chi connectivity index (χ2v) is 7.85. The molecule has 27 heavy (non-hydrogen) atoms. The van der Waals surface area contributed by atoms with Gasteiger partial charge in [0.2, 0.25) is 5.91 Å². The van der Waals surface area contributed by atoms with E-state index in [0.29, 0.717) is 18.1 Å². The van der Waals surface area contributed by atoms with Crippen LogP contribution in [0.2, 0.25) is 0 Å². The Balaban J connectivity index is 1.58. The van der Waals surface area contributed by atoms with E-state index in [4.69, 9.17) is 9.78 Å². The van der Waals surface area contributed by atoms with Crippen LogP contribution in [0.3, 0.4) is 0 Å². The highest BCUT2D eigenvalue weighted by atomic mass is 32.1. The highest BCUT2D eigenvalue weighted by molar-refractivity contribution is 7.22. The molecule has 1 saturated heterocycles. The van der Waals surface area contributed by atoms with Gasteiger partial charge in [0.25, 0.3) is 0 Å². The number of hydrogen-bond acceptors (Lipinski definition) is 7. The average molecular weight is 381 g/mol. The zero-order chi connectivity index (χ0) is 19.1. The SMILES string of the molecule is Cc1noc(C)c1-c1ccc2nc(NC(=O)C3CCN(C#N)C3C)sc2c1. The second kappa shape index (κ2) is 6.67. The molecule has 1 fully saturated rings. The number of fused-ring (bicyclic) bond motifs is 1. The molecule has 3 aromatic rings. The Morgan fingerprint density at radius 2 is 2.26 bits per heavy atom. The summed E-state index contributed by atoms with van der Waals surface area (Å²) in [5.74, 6) is 0.502. The molecular weight excluding hydrogens is 362 g/mol. The maximum absolute atomic E-state index is 12.6. The number of benzene rings is 1. The molecule has 138 valence electrons. The summed E-state index contributed by atoms with van der Waals surface area (Å²) < 4.78 is 6.25. The van der Waals surface area contributed by atoms with E-state index >= 15 is 0 Å². The maximum Gasteiger partial charge on any atom is 0.231 e. The molecule has 1 amide bonds. The first kappa shape index (κ1) is 17.5. The van der Waals surface area contributed by atoms with Gasteiger partial charge in [-0.2, -0.15) is 5.26 Å². The Labute approximate surface area is 160 Å². The normalized spacial score (nSPS) is 19.4. The summed E-state index contributed by atoms with van der Waals surface area (Å²) in [6.07, 6.45) is 2.82. The zero-order valence-corrected chi connectivity index (χ0v) is 16.1. The lowest BCUT2D eigenvalue weighted by molar-refractivity contribution is -0.120. The maximum atomic E-state index is 12.6. The van der Waals surface area contributed by atoms with Gasteiger partial charge in [-0.25, -0.2) is 4.98 Å². The number of nitrogens with zero attached hydrogens (tertiary/aromatic N) is 4. The Bertz CT molecular complexity index is 1040. The fourth-order valence-electron chi connectivity index (χ4n) is 3.66. The monoisotopic (exact) mass is 381 g/mol. The van der Waals surface area contributed by atoms with Crippen molar-refractivity contribution in [2.45, 2.75) is 33.2 Å². The number of nitriles is 1. The molecule has 2 atom stereocenters. The van der Waals surface area contributed by atoms with Crippen LogP contribution >= 0.6 is 11.3 Å². The van der Waals surface area contributed by atoms with Gasteiger partial charge in [-0.15, -0.1) is 0 Å². The summed E-state index contributed by atoms with van der Waals surface area (Å²) in [5.41, 5.74) is 3.70. The van der Waals surface area contributed by atoms with E-state index in [1.807, 2.05) is 39.0 Å². The van der Waals surface area contributed by atoms with E-state index in [1.54, 1.807) is 4.90 Å². The molecular formula is C19H19N5O2S. The highest BCUT2D eigenvalue weighted by Crippen LogP contribution is 2.34. The molecule has 0 aliphatic carbocycles. The van der Waals surface area contributed by atoms with E-state index in [0.717, 1.165) is 32.8 Å². The van der Waals surface area contributed by atoms with Crippen molar-refractivity contribution < 1.29 is 9.32 Å². The van der Waals surface area contributed by atoms with Crippen LogP contribution in [0.4, 0.5) is 5.13 Å². The molecule has 1 aromatic carbocycles. The largest absolute Gasteiger partial charge is 0.361 e. The Morgan fingerprint density at radius 3 is 2.93 bits per heavy atom. The molecule has 0 radical (unpaired) electrons. The summed E-state index contributed by atoms with van der Waals surface area (Å²) in [4.78, 5) is 18.8. The topological polar surface area (TPSA) is 95.1 Å². The van der Waals surface area contributed by atoms with Crippen LogP contribution in [-0.2, 0) is 4.79 Å².